The molecule has 1 N–H and O–H groups in total. The monoisotopic (exact) mass is 234 g/mol. The van der Waals surface area contributed by atoms with E-state index in [-0.39, 0.29) is 5.91 Å². The number of hydrogen-bond donors (Lipinski definition) is 1. The summed E-state index contributed by atoms with van der Waals surface area (Å²) >= 11 is 0. The molecule has 1 aliphatic heterocycles. The van der Waals surface area contributed by atoms with E-state index in [0.29, 0.717) is 25.9 Å². The van der Waals surface area contributed by atoms with Gasteiger partial charge in [0.25, 0.3) is 0 Å². The van der Waals surface area contributed by atoms with Crippen LogP contribution in [-0.2, 0) is 16.0 Å². The predicted molar refractivity (Wildman–Crippen MR) is 60.3 cm³/mol. The number of carbonyl (C=O) groups is 2. The molecule has 90 valence electrons. The summed E-state index contributed by atoms with van der Waals surface area (Å²) in [6.07, 6.45) is 4.15. The summed E-state index contributed by atoms with van der Waals surface area (Å²) in [5, 5.41) is 8.85. The molecule has 1 aromatic rings. The van der Waals surface area contributed by atoms with Crippen LogP contribution in [0.15, 0.2) is 24.5 Å². The number of carboxylic acid groups (broad SMARTS) is 1. The number of rotatable bonds is 3. The molecule has 0 aliphatic carbocycles. The van der Waals surface area contributed by atoms with Crippen molar-refractivity contribution in [3.63, 3.8) is 0 Å². The third-order valence-corrected chi connectivity index (χ3v) is 2.97. The summed E-state index contributed by atoms with van der Waals surface area (Å²) in [7, 11) is 0. The topological polar surface area (TPSA) is 70.5 Å². The van der Waals surface area contributed by atoms with Crippen LogP contribution in [0.5, 0.6) is 0 Å². The fraction of sp³-hybridized carbons (Fsp3) is 0.417. The summed E-state index contributed by atoms with van der Waals surface area (Å²) in [4.78, 5) is 28.2. The SMILES string of the molecule is O=C(O)C1CCN(C(=O)Cc2cccnc2)C1. The van der Waals surface area contributed by atoms with Gasteiger partial charge in [0.05, 0.1) is 12.3 Å². The Labute approximate surface area is 99.1 Å². The molecule has 2 rings (SSSR count). The number of amides is 1. The summed E-state index contributed by atoms with van der Waals surface area (Å²) in [5.74, 6) is -1.25. The molecule has 0 spiro atoms. The van der Waals surface area contributed by atoms with E-state index in [0.717, 1.165) is 5.56 Å². The molecule has 0 aromatic carbocycles. The number of hydrogen-bond acceptors (Lipinski definition) is 3. The summed E-state index contributed by atoms with van der Waals surface area (Å²) in [6, 6.07) is 3.63. The van der Waals surface area contributed by atoms with Crippen molar-refractivity contribution in [1.29, 1.82) is 0 Å². The number of aliphatic carboxylic acids is 1. The van der Waals surface area contributed by atoms with E-state index in [2.05, 4.69) is 4.98 Å². The second-order valence-electron chi connectivity index (χ2n) is 4.20. The van der Waals surface area contributed by atoms with Crippen LogP contribution in [0.4, 0.5) is 0 Å². The molecule has 0 saturated carbocycles. The number of carbonyl (C=O) groups excluding carboxylic acids is 1. The van der Waals surface area contributed by atoms with Gasteiger partial charge in [-0.1, -0.05) is 6.07 Å². The highest BCUT2D eigenvalue weighted by molar-refractivity contribution is 5.80. The predicted octanol–water partition coefficient (Wildman–Crippen LogP) is 0.557. The van der Waals surface area contributed by atoms with Crippen molar-refractivity contribution in [2.75, 3.05) is 13.1 Å². The van der Waals surface area contributed by atoms with Gasteiger partial charge in [0.15, 0.2) is 0 Å². The second-order valence-corrected chi connectivity index (χ2v) is 4.20. The van der Waals surface area contributed by atoms with E-state index >= 15 is 0 Å². The molecule has 2 heterocycles. The van der Waals surface area contributed by atoms with Crippen molar-refractivity contribution in [2.24, 2.45) is 5.92 Å². The Hall–Kier alpha value is -1.91. The van der Waals surface area contributed by atoms with Gasteiger partial charge in [-0.2, -0.15) is 0 Å². The largest absolute Gasteiger partial charge is 0.481 e. The lowest BCUT2D eigenvalue weighted by Gasteiger charge is -2.15. The van der Waals surface area contributed by atoms with Crippen LogP contribution >= 0.6 is 0 Å². The minimum atomic E-state index is -0.818. The molecule has 0 radical (unpaired) electrons. The first kappa shape index (κ1) is 11.6. The Morgan fingerprint density at radius 1 is 1.53 bits per heavy atom. The van der Waals surface area contributed by atoms with Gasteiger partial charge < -0.3 is 10.0 Å². The molecule has 1 atom stereocenters. The molecule has 1 aliphatic rings. The number of nitrogens with zero attached hydrogens (tertiary/aromatic N) is 2. The molecule has 1 saturated heterocycles. The first-order valence-corrected chi connectivity index (χ1v) is 5.56. The van der Waals surface area contributed by atoms with Crippen molar-refractivity contribution in [3.05, 3.63) is 30.1 Å². The van der Waals surface area contributed by atoms with E-state index in [9.17, 15) is 9.59 Å². The lowest BCUT2D eigenvalue weighted by Crippen LogP contribution is -2.31. The maximum Gasteiger partial charge on any atom is 0.308 e. The normalized spacial score (nSPS) is 19.3. The summed E-state index contributed by atoms with van der Waals surface area (Å²) < 4.78 is 0. The van der Waals surface area contributed by atoms with E-state index in [1.54, 1.807) is 23.4 Å². The second kappa shape index (κ2) is 4.95. The van der Waals surface area contributed by atoms with Crippen molar-refractivity contribution in [3.8, 4) is 0 Å². The molecule has 5 nitrogen and oxygen atoms in total. The highest BCUT2D eigenvalue weighted by Gasteiger charge is 2.30. The van der Waals surface area contributed by atoms with Crippen LogP contribution in [-0.4, -0.2) is 40.0 Å². The average Bonchev–Trinajstić information content (AvgIpc) is 2.79. The molecule has 1 fully saturated rings. The Kier molecular flexibility index (Phi) is 3.37. The highest BCUT2D eigenvalue weighted by atomic mass is 16.4. The maximum atomic E-state index is 11.9. The number of likely N-dealkylation sites (tertiary alicyclic amines) is 1. The number of carboxylic acids is 1. The van der Waals surface area contributed by atoms with Crippen LogP contribution in [0, 0.1) is 5.92 Å². The van der Waals surface area contributed by atoms with Gasteiger partial charge in [0.1, 0.15) is 0 Å². The first-order chi connectivity index (χ1) is 8.16. The van der Waals surface area contributed by atoms with E-state index in [1.807, 2.05) is 6.07 Å². The van der Waals surface area contributed by atoms with Gasteiger partial charge in [-0.15, -0.1) is 0 Å². The van der Waals surface area contributed by atoms with Crippen LogP contribution < -0.4 is 0 Å². The molecule has 1 unspecified atom stereocenters. The summed E-state index contributed by atoms with van der Waals surface area (Å²) in [6.45, 7) is 0.866. The lowest BCUT2D eigenvalue weighted by atomic mass is 10.1. The van der Waals surface area contributed by atoms with Gasteiger partial charge in [0, 0.05) is 25.5 Å². The van der Waals surface area contributed by atoms with Crippen LogP contribution in [0.2, 0.25) is 0 Å². The zero-order valence-electron chi connectivity index (χ0n) is 9.37. The molecule has 17 heavy (non-hydrogen) atoms. The van der Waals surface area contributed by atoms with Crippen molar-refractivity contribution >= 4 is 11.9 Å². The molecular formula is C12H14N2O3. The molecule has 1 amide bonds. The Bertz CT molecular complexity index is 419. The third kappa shape index (κ3) is 2.81. The summed E-state index contributed by atoms with van der Waals surface area (Å²) in [5.41, 5.74) is 0.858. The first-order valence-electron chi connectivity index (χ1n) is 5.56. The molecule has 0 bridgehead atoms. The zero-order chi connectivity index (χ0) is 12.3. The molecular weight excluding hydrogens is 220 g/mol. The van der Waals surface area contributed by atoms with Gasteiger partial charge in [-0.25, -0.2) is 0 Å². The zero-order valence-corrected chi connectivity index (χ0v) is 9.37. The Morgan fingerprint density at radius 3 is 2.94 bits per heavy atom. The molecule has 1 aromatic heterocycles. The number of pyridine rings is 1. The van der Waals surface area contributed by atoms with E-state index in [1.165, 1.54) is 0 Å². The fourth-order valence-corrected chi connectivity index (χ4v) is 1.98. The van der Waals surface area contributed by atoms with Crippen molar-refractivity contribution in [1.82, 2.24) is 9.88 Å². The van der Waals surface area contributed by atoms with Gasteiger partial charge in [0.2, 0.25) is 5.91 Å². The standard InChI is InChI=1S/C12H14N2O3/c15-11(6-9-2-1-4-13-7-9)14-5-3-10(8-14)12(16)17/h1-2,4,7,10H,3,5-6,8H2,(H,16,17). The maximum absolute atomic E-state index is 11.9. The van der Waals surface area contributed by atoms with Crippen LogP contribution in [0.1, 0.15) is 12.0 Å². The van der Waals surface area contributed by atoms with Crippen LogP contribution in [0.25, 0.3) is 0 Å². The van der Waals surface area contributed by atoms with Crippen molar-refractivity contribution in [2.45, 2.75) is 12.8 Å². The van der Waals surface area contributed by atoms with E-state index < -0.39 is 11.9 Å². The highest BCUT2D eigenvalue weighted by Crippen LogP contribution is 2.17. The van der Waals surface area contributed by atoms with Crippen molar-refractivity contribution < 1.29 is 14.7 Å². The van der Waals surface area contributed by atoms with Gasteiger partial charge in [-0.3, -0.25) is 14.6 Å². The average molecular weight is 234 g/mol. The Morgan fingerprint density at radius 2 is 2.35 bits per heavy atom. The number of aromatic nitrogens is 1. The quantitative estimate of drug-likeness (QED) is 0.829. The fourth-order valence-electron chi connectivity index (χ4n) is 1.98. The minimum absolute atomic E-state index is 0.0262. The lowest BCUT2D eigenvalue weighted by molar-refractivity contribution is -0.141. The smallest absolute Gasteiger partial charge is 0.308 e. The van der Waals surface area contributed by atoms with Gasteiger partial charge >= 0.3 is 5.97 Å². The third-order valence-electron chi connectivity index (χ3n) is 2.97. The van der Waals surface area contributed by atoms with E-state index in [4.69, 9.17) is 5.11 Å². The Balaban J connectivity index is 1.92. The van der Waals surface area contributed by atoms with Crippen LogP contribution in [0.3, 0.4) is 0 Å². The van der Waals surface area contributed by atoms with Gasteiger partial charge in [-0.05, 0) is 18.1 Å². The molecule has 5 heteroatoms. The minimum Gasteiger partial charge on any atom is -0.481 e.